The Morgan fingerprint density at radius 3 is 2.59 bits per heavy atom. The van der Waals surface area contributed by atoms with Gasteiger partial charge in [0, 0.05) is 24.2 Å². The number of hydrogen-bond donors (Lipinski definition) is 2. The van der Waals surface area contributed by atoms with E-state index >= 15 is 0 Å². The third kappa shape index (κ3) is 3.87. The second-order valence-electron chi connectivity index (χ2n) is 6.47. The average molecular weight is 301 g/mol. The van der Waals surface area contributed by atoms with E-state index in [9.17, 15) is 9.59 Å². The molecular weight excluding hydrogens is 278 g/mol. The quantitative estimate of drug-likeness (QED) is 0.914. The van der Waals surface area contributed by atoms with Crippen LogP contribution in [0.2, 0.25) is 0 Å². The molecule has 0 saturated carbocycles. The Labute approximate surface area is 130 Å². The van der Waals surface area contributed by atoms with Crippen molar-refractivity contribution in [2.75, 3.05) is 6.54 Å². The Hall–Kier alpha value is -2.30. The van der Waals surface area contributed by atoms with Crippen LogP contribution in [0.25, 0.3) is 10.9 Å². The first-order valence-electron chi connectivity index (χ1n) is 7.43. The molecule has 5 heteroatoms. The van der Waals surface area contributed by atoms with Crippen LogP contribution in [0.4, 0.5) is 4.79 Å². The normalized spacial score (nSPS) is 11.5. The van der Waals surface area contributed by atoms with Gasteiger partial charge in [-0.1, -0.05) is 18.2 Å². The summed E-state index contributed by atoms with van der Waals surface area (Å²) < 4.78 is 1.71. The summed E-state index contributed by atoms with van der Waals surface area (Å²) in [6, 6.07) is 9.44. The van der Waals surface area contributed by atoms with E-state index in [-0.39, 0.29) is 17.1 Å². The molecule has 22 heavy (non-hydrogen) atoms. The van der Waals surface area contributed by atoms with Crippen molar-refractivity contribution in [1.29, 1.82) is 0 Å². The molecule has 1 aromatic carbocycles. The SMILES string of the molecule is Cc1cc2ccccc2n(CCNC(=O)NC(C)(C)C)c1=O. The van der Waals surface area contributed by atoms with Crippen molar-refractivity contribution in [1.82, 2.24) is 15.2 Å². The average Bonchev–Trinajstić information content (AvgIpc) is 2.41. The topological polar surface area (TPSA) is 63.1 Å². The summed E-state index contributed by atoms with van der Waals surface area (Å²) in [5, 5.41) is 6.65. The highest BCUT2D eigenvalue weighted by Crippen LogP contribution is 2.12. The summed E-state index contributed by atoms with van der Waals surface area (Å²) in [7, 11) is 0. The Morgan fingerprint density at radius 2 is 1.91 bits per heavy atom. The number of nitrogens with zero attached hydrogens (tertiary/aromatic N) is 1. The lowest BCUT2D eigenvalue weighted by atomic mass is 10.1. The number of aryl methyl sites for hydroxylation is 1. The molecule has 118 valence electrons. The number of hydrogen-bond acceptors (Lipinski definition) is 2. The zero-order chi connectivity index (χ0) is 16.3. The maximum Gasteiger partial charge on any atom is 0.315 e. The first kappa shape index (κ1) is 16.1. The molecule has 0 saturated heterocycles. The highest BCUT2D eigenvalue weighted by molar-refractivity contribution is 5.79. The molecule has 0 fully saturated rings. The molecule has 1 aromatic heterocycles. The van der Waals surface area contributed by atoms with Crippen LogP contribution in [0.3, 0.4) is 0 Å². The highest BCUT2D eigenvalue weighted by Gasteiger charge is 2.13. The first-order valence-corrected chi connectivity index (χ1v) is 7.43. The Bertz CT molecular complexity index is 742. The molecule has 0 atom stereocenters. The van der Waals surface area contributed by atoms with Gasteiger partial charge in [-0.3, -0.25) is 4.79 Å². The largest absolute Gasteiger partial charge is 0.336 e. The number of amides is 2. The molecule has 1 heterocycles. The molecule has 2 N–H and O–H groups in total. The summed E-state index contributed by atoms with van der Waals surface area (Å²) >= 11 is 0. The van der Waals surface area contributed by atoms with Crippen LogP contribution >= 0.6 is 0 Å². The van der Waals surface area contributed by atoms with Crippen LogP contribution in [0.5, 0.6) is 0 Å². The molecule has 2 aromatic rings. The van der Waals surface area contributed by atoms with Crippen LogP contribution in [0.1, 0.15) is 26.3 Å². The number of pyridine rings is 1. The van der Waals surface area contributed by atoms with Gasteiger partial charge in [0.2, 0.25) is 0 Å². The van der Waals surface area contributed by atoms with E-state index in [0.29, 0.717) is 18.7 Å². The maximum atomic E-state index is 12.3. The van der Waals surface area contributed by atoms with Crippen molar-refractivity contribution >= 4 is 16.9 Å². The van der Waals surface area contributed by atoms with Gasteiger partial charge in [0.1, 0.15) is 0 Å². The minimum absolute atomic E-state index is 0.0169. The minimum Gasteiger partial charge on any atom is -0.336 e. The van der Waals surface area contributed by atoms with E-state index in [0.717, 1.165) is 10.9 Å². The molecule has 0 aliphatic rings. The number of benzene rings is 1. The van der Waals surface area contributed by atoms with Crippen molar-refractivity contribution in [2.45, 2.75) is 39.8 Å². The number of urea groups is 1. The molecule has 2 amide bonds. The van der Waals surface area contributed by atoms with Gasteiger partial charge in [-0.05, 0) is 45.2 Å². The van der Waals surface area contributed by atoms with Crippen molar-refractivity contribution in [3.05, 3.63) is 46.2 Å². The summed E-state index contributed by atoms with van der Waals surface area (Å²) in [6.07, 6.45) is 0. The lowest BCUT2D eigenvalue weighted by Crippen LogP contribution is -2.47. The summed E-state index contributed by atoms with van der Waals surface area (Å²) in [5.41, 5.74) is 1.29. The van der Waals surface area contributed by atoms with Crippen LogP contribution in [-0.4, -0.2) is 22.7 Å². The molecule has 0 unspecified atom stereocenters. The van der Waals surface area contributed by atoms with E-state index in [2.05, 4.69) is 10.6 Å². The summed E-state index contributed by atoms with van der Waals surface area (Å²) in [6.45, 7) is 8.42. The molecule has 2 rings (SSSR count). The number of rotatable bonds is 3. The number of carbonyl (C=O) groups excluding carboxylic acids is 1. The lowest BCUT2D eigenvalue weighted by molar-refractivity contribution is 0.231. The highest BCUT2D eigenvalue weighted by atomic mass is 16.2. The van der Waals surface area contributed by atoms with E-state index in [1.165, 1.54) is 0 Å². The molecule has 0 bridgehead atoms. The zero-order valence-corrected chi connectivity index (χ0v) is 13.6. The van der Waals surface area contributed by atoms with Crippen LogP contribution < -0.4 is 16.2 Å². The second kappa shape index (κ2) is 6.22. The van der Waals surface area contributed by atoms with E-state index in [4.69, 9.17) is 0 Å². The molecular formula is C17H23N3O2. The van der Waals surface area contributed by atoms with Gasteiger partial charge >= 0.3 is 6.03 Å². The van der Waals surface area contributed by atoms with Crippen molar-refractivity contribution in [3.63, 3.8) is 0 Å². The molecule has 0 spiro atoms. The second-order valence-corrected chi connectivity index (χ2v) is 6.47. The third-order valence-corrected chi connectivity index (χ3v) is 3.29. The maximum absolute atomic E-state index is 12.3. The van der Waals surface area contributed by atoms with Gasteiger partial charge in [-0.25, -0.2) is 4.79 Å². The zero-order valence-electron chi connectivity index (χ0n) is 13.6. The Morgan fingerprint density at radius 1 is 1.23 bits per heavy atom. The summed E-state index contributed by atoms with van der Waals surface area (Å²) in [4.78, 5) is 24.1. The lowest BCUT2D eigenvalue weighted by Gasteiger charge is -2.21. The van der Waals surface area contributed by atoms with Gasteiger partial charge in [0.05, 0.1) is 5.52 Å². The molecule has 0 aliphatic carbocycles. The Kier molecular flexibility index (Phi) is 4.54. The smallest absolute Gasteiger partial charge is 0.315 e. The van der Waals surface area contributed by atoms with Gasteiger partial charge in [0.25, 0.3) is 5.56 Å². The fraction of sp³-hybridized carbons (Fsp3) is 0.412. The first-order chi connectivity index (χ1) is 10.3. The van der Waals surface area contributed by atoms with Crippen LogP contribution in [0, 0.1) is 6.92 Å². The number of fused-ring (bicyclic) bond motifs is 1. The number of para-hydroxylation sites is 1. The standard InChI is InChI=1S/C17H23N3O2/c1-12-11-13-7-5-6-8-14(13)20(15(12)21)10-9-18-16(22)19-17(2,3)4/h5-8,11H,9-10H2,1-4H3,(H2,18,19,22). The van der Waals surface area contributed by atoms with E-state index < -0.39 is 0 Å². The number of carbonyl (C=O) groups is 1. The van der Waals surface area contributed by atoms with E-state index in [1.54, 1.807) is 4.57 Å². The van der Waals surface area contributed by atoms with Crippen LogP contribution in [-0.2, 0) is 6.54 Å². The van der Waals surface area contributed by atoms with Gasteiger partial charge < -0.3 is 15.2 Å². The van der Waals surface area contributed by atoms with Gasteiger partial charge in [0.15, 0.2) is 0 Å². The predicted molar refractivity (Wildman–Crippen MR) is 89.2 cm³/mol. The van der Waals surface area contributed by atoms with Crippen molar-refractivity contribution in [2.24, 2.45) is 0 Å². The van der Waals surface area contributed by atoms with Gasteiger partial charge in [-0.2, -0.15) is 0 Å². The number of aromatic nitrogens is 1. The van der Waals surface area contributed by atoms with Crippen molar-refractivity contribution in [3.8, 4) is 0 Å². The fourth-order valence-electron chi connectivity index (χ4n) is 2.36. The predicted octanol–water partition coefficient (Wildman–Crippen LogP) is 2.41. The monoisotopic (exact) mass is 301 g/mol. The molecule has 0 radical (unpaired) electrons. The minimum atomic E-state index is -0.281. The Balaban J connectivity index is 2.14. The van der Waals surface area contributed by atoms with E-state index in [1.807, 2.05) is 58.0 Å². The van der Waals surface area contributed by atoms with Crippen molar-refractivity contribution < 1.29 is 4.79 Å². The third-order valence-electron chi connectivity index (χ3n) is 3.29. The van der Waals surface area contributed by atoms with Gasteiger partial charge in [-0.15, -0.1) is 0 Å². The number of nitrogens with one attached hydrogen (secondary N) is 2. The fourth-order valence-corrected chi connectivity index (χ4v) is 2.36. The van der Waals surface area contributed by atoms with Crippen LogP contribution in [0.15, 0.2) is 35.1 Å². The molecule has 0 aliphatic heterocycles. The molecule has 5 nitrogen and oxygen atoms in total. The summed E-state index contributed by atoms with van der Waals surface area (Å²) in [5.74, 6) is 0.